The van der Waals surface area contributed by atoms with Crippen molar-refractivity contribution in [3.8, 4) is 0 Å². The van der Waals surface area contributed by atoms with E-state index >= 15 is 0 Å². The van der Waals surface area contributed by atoms with Crippen LogP contribution in [0, 0.1) is 0 Å². The summed E-state index contributed by atoms with van der Waals surface area (Å²) < 4.78 is 0. The Balaban J connectivity index is 0.000000605. The fourth-order valence-electron chi connectivity index (χ4n) is 1.13. The van der Waals surface area contributed by atoms with Crippen molar-refractivity contribution in [3.05, 3.63) is 48.5 Å². The first-order valence-electron chi connectivity index (χ1n) is 3.40. The molecule has 0 saturated heterocycles. The van der Waals surface area contributed by atoms with Crippen LogP contribution in [0.5, 0.6) is 0 Å². The van der Waals surface area contributed by atoms with Gasteiger partial charge in [-0.15, -0.1) is 0 Å². The van der Waals surface area contributed by atoms with Crippen molar-refractivity contribution in [2.24, 2.45) is 0 Å². The predicted molar refractivity (Wildman–Crippen MR) is 46.2 cm³/mol. The molecule has 0 aliphatic carbocycles. The van der Waals surface area contributed by atoms with Gasteiger partial charge < -0.3 is 0 Å². The van der Waals surface area contributed by atoms with Crippen molar-refractivity contribution < 1.29 is 2.85 Å². The van der Waals surface area contributed by atoms with Crippen LogP contribution in [-0.2, 0) is 0 Å². The maximum atomic E-state index is 2.12. The summed E-state index contributed by atoms with van der Waals surface area (Å²) in [6.07, 6.45) is 0. The standard InChI is InChI=1S/C10H8/c1-2-6-10-8-4-3-7-9(10)5-1/h1-8H/p+2. The molecule has 0 N–H and O–H groups in total. The van der Waals surface area contributed by atoms with E-state index in [-0.39, 0.29) is 2.85 Å². The number of hydrogen-bond acceptors (Lipinski definition) is 0. The minimum Gasteiger partial charge on any atom is -0.0616 e. The van der Waals surface area contributed by atoms with Crippen molar-refractivity contribution in [2.75, 3.05) is 0 Å². The van der Waals surface area contributed by atoms with Gasteiger partial charge in [-0.05, 0) is 10.8 Å². The lowest BCUT2D eigenvalue weighted by Gasteiger charge is -1.92. The van der Waals surface area contributed by atoms with Gasteiger partial charge in [-0.3, -0.25) is 0 Å². The second-order valence-electron chi connectivity index (χ2n) is 2.35. The fourth-order valence-corrected chi connectivity index (χ4v) is 1.13. The summed E-state index contributed by atoms with van der Waals surface area (Å²) in [4.78, 5) is 0. The van der Waals surface area contributed by atoms with E-state index in [0.717, 1.165) is 0 Å². The molecule has 0 nitrogen and oxygen atoms in total. The molecule has 0 amide bonds. The van der Waals surface area contributed by atoms with Gasteiger partial charge in [0.1, 0.15) is 0 Å². The van der Waals surface area contributed by atoms with Crippen molar-refractivity contribution in [1.29, 1.82) is 0 Å². The number of benzene rings is 2. The van der Waals surface area contributed by atoms with Crippen molar-refractivity contribution in [2.45, 2.75) is 0 Å². The van der Waals surface area contributed by atoms with Gasteiger partial charge >= 0.3 is 2.85 Å². The fraction of sp³-hybridized carbons (Fsp3) is 0. The molecule has 0 bridgehead atoms. The molecule has 0 spiro atoms. The average molecular weight is 130 g/mol. The Morgan fingerprint density at radius 2 is 0.900 bits per heavy atom. The number of fused-ring (bicyclic) bond motifs is 1. The van der Waals surface area contributed by atoms with Gasteiger partial charge in [-0.25, -0.2) is 0 Å². The van der Waals surface area contributed by atoms with E-state index in [2.05, 4.69) is 48.5 Å². The monoisotopic (exact) mass is 130 g/mol. The molecule has 10 heavy (non-hydrogen) atoms. The smallest absolute Gasteiger partial charge is 0.0616 e. The van der Waals surface area contributed by atoms with Crippen molar-refractivity contribution in [3.63, 3.8) is 0 Å². The summed E-state index contributed by atoms with van der Waals surface area (Å²) in [5.41, 5.74) is 0. The van der Waals surface area contributed by atoms with Gasteiger partial charge in [-0.1, -0.05) is 48.5 Å². The highest BCUT2D eigenvalue weighted by atomic mass is 13.9. The molecule has 2 rings (SSSR count). The highest BCUT2D eigenvalue weighted by molar-refractivity contribution is 5.81. The van der Waals surface area contributed by atoms with Crippen molar-refractivity contribution in [1.82, 2.24) is 0 Å². The largest absolute Gasteiger partial charge is 1.00 e. The molecular weight excluding hydrogens is 120 g/mol. The van der Waals surface area contributed by atoms with E-state index in [1.54, 1.807) is 0 Å². The Labute approximate surface area is 63.1 Å². The molecule has 0 atom stereocenters. The average Bonchev–Trinajstić information content (AvgIpc) is 2.05. The van der Waals surface area contributed by atoms with E-state index in [9.17, 15) is 0 Å². The summed E-state index contributed by atoms with van der Waals surface area (Å²) in [7, 11) is 0. The van der Waals surface area contributed by atoms with Crippen LogP contribution in [0.15, 0.2) is 48.5 Å². The van der Waals surface area contributed by atoms with Crippen LogP contribution in [0.1, 0.15) is 2.85 Å². The molecule has 2 aromatic carbocycles. The third-order valence-corrected chi connectivity index (χ3v) is 1.66. The van der Waals surface area contributed by atoms with E-state index in [0.29, 0.717) is 0 Å². The molecular formula is C10H10+2. The predicted octanol–water partition coefficient (Wildman–Crippen LogP) is 3.06. The molecule has 0 heterocycles. The zero-order valence-corrected chi connectivity index (χ0v) is 5.62. The first-order valence-corrected chi connectivity index (χ1v) is 3.40. The highest BCUT2D eigenvalue weighted by Crippen LogP contribution is 2.11. The lowest BCUT2D eigenvalue weighted by molar-refractivity contribution is 1.75. The molecule has 0 unspecified atom stereocenters. The minimum atomic E-state index is 0. The summed E-state index contributed by atoms with van der Waals surface area (Å²) in [5, 5.41) is 2.62. The van der Waals surface area contributed by atoms with Gasteiger partial charge in [0.05, 0.1) is 0 Å². The molecule has 0 saturated carbocycles. The summed E-state index contributed by atoms with van der Waals surface area (Å²) >= 11 is 0. The SMILES string of the molecule is [H+].[H+].c1ccc2ccccc2c1. The maximum Gasteiger partial charge on any atom is 1.00 e. The van der Waals surface area contributed by atoms with Crippen molar-refractivity contribution >= 4 is 10.8 Å². The second-order valence-corrected chi connectivity index (χ2v) is 2.35. The molecule has 0 radical (unpaired) electrons. The Hall–Kier alpha value is -1.30. The first kappa shape index (κ1) is 5.48. The van der Waals surface area contributed by atoms with Crippen LogP contribution in [-0.4, -0.2) is 0 Å². The molecule has 2 aromatic rings. The van der Waals surface area contributed by atoms with Gasteiger partial charge in [0.25, 0.3) is 0 Å². The summed E-state index contributed by atoms with van der Waals surface area (Å²) in [6.45, 7) is 0. The first-order chi connectivity index (χ1) is 4.97. The summed E-state index contributed by atoms with van der Waals surface area (Å²) in [6, 6.07) is 16.7. The molecule has 0 aromatic heterocycles. The number of rotatable bonds is 0. The zero-order chi connectivity index (χ0) is 6.81. The normalized spacial score (nSPS) is 10.0. The van der Waals surface area contributed by atoms with Crippen LogP contribution >= 0.6 is 0 Å². The topological polar surface area (TPSA) is 0 Å². The van der Waals surface area contributed by atoms with E-state index in [1.165, 1.54) is 10.8 Å². The van der Waals surface area contributed by atoms with Crippen LogP contribution in [0.4, 0.5) is 0 Å². The Morgan fingerprint density at radius 3 is 1.20 bits per heavy atom. The van der Waals surface area contributed by atoms with Crippen LogP contribution in [0.2, 0.25) is 0 Å². The van der Waals surface area contributed by atoms with Gasteiger partial charge in [0, 0.05) is 0 Å². The molecule has 0 fully saturated rings. The Kier molecular flexibility index (Phi) is 1.17. The highest BCUT2D eigenvalue weighted by Gasteiger charge is 1.85. The lowest BCUT2D eigenvalue weighted by Crippen LogP contribution is -1.67. The number of hydrogen-bond donors (Lipinski definition) is 0. The van der Waals surface area contributed by atoms with Crippen LogP contribution in [0.3, 0.4) is 0 Å². The minimum absolute atomic E-state index is 0. The molecule has 0 heteroatoms. The molecule has 0 aliphatic rings. The zero-order valence-electron chi connectivity index (χ0n) is 7.62. The third kappa shape index (κ3) is 0.781. The van der Waals surface area contributed by atoms with E-state index < -0.39 is 0 Å². The third-order valence-electron chi connectivity index (χ3n) is 1.66. The Bertz CT molecular complexity index is 279. The lowest BCUT2D eigenvalue weighted by atomic mass is 10.1. The van der Waals surface area contributed by atoms with E-state index in [1.807, 2.05) is 0 Å². The maximum absolute atomic E-state index is 2.12. The van der Waals surface area contributed by atoms with Gasteiger partial charge in [0.2, 0.25) is 0 Å². The van der Waals surface area contributed by atoms with Crippen LogP contribution in [0.25, 0.3) is 10.8 Å². The molecule has 48 valence electrons. The second kappa shape index (κ2) is 2.14. The van der Waals surface area contributed by atoms with Gasteiger partial charge in [0.15, 0.2) is 0 Å². The summed E-state index contributed by atoms with van der Waals surface area (Å²) in [5.74, 6) is 0. The molecule has 0 aliphatic heterocycles. The quantitative estimate of drug-likeness (QED) is 0.514. The van der Waals surface area contributed by atoms with E-state index in [4.69, 9.17) is 0 Å². The van der Waals surface area contributed by atoms with Crippen LogP contribution < -0.4 is 0 Å². The Morgan fingerprint density at radius 1 is 0.600 bits per heavy atom. The van der Waals surface area contributed by atoms with Gasteiger partial charge in [-0.2, -0.15) is 0 Å².